The van der Waals surface area contributed by atoms with Crippen LogP contribution in [0.4, 0.5) is 5.69 Å². The molecule has 0 aliphatic rings. The number of amides is 2. The van der Waals surface area contributed by atoms with Crippen LogP contribution in [0.15, 0.2) is 48.5 Å². The lowest BCUT2D eigenvalue weighted by molar-refractivity contribution is -0.116. The molecule has 5 nitrogen and oxygen atoms in total. The van der Waals surface area contributed by atoms with Gasteiger partial charge >= 0.3 is 0 Å². The number of hydrogen-bond donors (Lipinski definition) is 2. The predicted molar refractivity (Wildman–Crippen MR) is 87.9 cm³/mol. The molecule has 0 heterocycles. The summed E-state index contributed by atoms with van der Waals surface area (Å²) in [7, 11) is 0. The molecular formula is C18H17N3O2. The van der Waals surface area contributed by atoms with Gasteiger partial charge in [0, 0.05) is 24.2 Å². The van der Waals surface area contributed by atoms with E-state index in [-0.39, 0.29) is 24.8 Å². The molecule has 0 aliphatic carbocycles. The zero-order valence-corrected chi connectivity index (χ0v) is 12.8. The lowest BCUT2D eigenvalue weighted by atomic mass is 10.1. The number of benzene rings is 2. The molecule has 0 saturated carbocycles. The van der Waals surface area contributed by atoms with Gasteiger partial charge in [0.25, 0.3) is 5.91 Å². The highest BCUT2D eigenvalue weighted by molar-refractivity contribution is 5.96. The molecule has 2 rings (SSSR count). The molecule has 0 bridgehead atoms. The van der Waals surface area contributed by atoms with Gasteiger partial charge in [0.2, 0.25) is 5.91 Å². The summed E-state index contributed by atoms with van der Waals surface area (Å²) in [5.41, 5.74) is 2.55. The van der Waals surface area contributed by atoms with Gasteiger partial charge in [0.05, 0.1) is 11.6 Å². The van der Waals surface area contributed by atoms with Gasteiger partial charge in [-0.25, -0.2) is 0 Å². The van der Waals surface area contributed by atoms with Crippen LogP contribution < -0.4 is 10.6 Å². The van der Waals surface area contributed by atoms with Crippen LogP contribution >= 0.6 is 0 Å². The first-order valence-electron chi connectivity index (χ1n) is 7.24. The molecule has 23 heavy (non-hydrogen) atoms. The van der Waals surface area contributed by atoms with Crippen LogP contribution in [0.1, 0.15) is 27.9 Å². The minimum absolute atomic E-state index is 0.161. The number of nitriles is 1. The van der Waals surface area contributed by atoms with Crippen LogP contribution in [0.25, 0.3) is 0 Å². The minimum Gasteiger partial charge on any atom is -0.352 e. The van der Waals surface area contributed by atoms with E-state index < -0.39 is 0 Å². The van der Waals surface area contributed by atoms with E-state index in [9.17, 15) is 9.59 Å². The summed E-state index contributed by atoms with van der Waals surface area (Å²) in [5.74, 6) is -0.410. The Labute approximate surface area is 134 Å². The maximum Gasteiger partial charge on any atom is 0.251 e. The molecule has 0 saturated heterocycles. The summed E-state index contributed by atoms with van der Waals surface area (Å²) in [5, 5.41) is 14.2. The first kappa shape index (κ1) is 16.2. The van der Waals surface area contributed by atoms with Crippen LogP contribution in [0, 0.1) is 18.3 Å². The highest BCUT2D eigenvalue weighted by Crippen LogP contribution is 2.10. The summed E-state index contributed by atoms with van der Waals surface area (Å²) in [6.45, 7) is 2.11. The third-order valence-corrected chi connectivity index (χ3v) is 3.30. The van der Waals surface area contributed by atoms with Gasteiger partial charge < -0.3 is 10.6 Å². The van der Waals surface area contributed by atoms with Gasteiger partial charge in [-0.15, -0.1) is 0 Å². The largest absolute Gasteiger partial charge is 0.352 e. The van der Waals surface area contributed by atoms with Crippen molar-refractivity contribution in [2.24, 2.45) is 0 Å². The number of hydrogen-bond acceptors (Lipinski definition) is 3. The second kappa shape index (κ2) is 7.76. The third kappa shape index (κ3) is 4.68. The van der Waals surface area contributed by atoms with E-state index in [0.717, 1.165) is 5.56 Å². The molecule has 2 N–H and O–H groups in total. The second-order valence-corrected chi connectivity index (χ2v) is 5.06. The number of aryl methyl sites for hydroxylation is 1. The molecule has 2 aromatic carbocycles. The first-order chi connectivity index (χ1) is 11.1. The van der Waals surface area contributed by atoms with Crippen molar-refractivity contribution < 1.29 is 9.59 Å². The fraction of sp³-hybridized carbons (Fsp3) is 0.167. The van der Waals surface area contributed by atoms with Crippen LogP contribution in [-0.4, -0.2) is 18.4 Å². The van der Waals surface area contributed by atoms with E-state index >= 15 is 0 Å². The average Bonchev–Trinajstić information content (AvgIpc) is 2.55. The summed E-state index contributed by atoms with van der Waals surface area (Å²) in [4.78, 5) is 23.9. The van der Waals surface area contributed by atoms with E-state index in [1.807, 2.05) is 25.1 Å². The molecule has 0 aliphatic heterocycles. The molecule has 5 heteroatoms. The van der Waals surface area contributed by atoms with Crippen molar-refractivity contribution in [3.05, 3.63) is 65.2 Å². The molecule has 116 valence electrons. The maximum atomic E-state index is 12.0. The van der Waals surface area contributed by atoms with Crippen LogP contribution in [-0.2, 0) is 4.79 Å². The third-order valence-electron chi connectivity index (χ3n) is 3.30. The summed E-state index contributed by atoms with van der Waals surface area (Å²) >= 11 is 0. The maximum absolute atomic E-state index is 12.0. The lowest BCUT2D eigenvalue weighted by Crippen LogP contribution is -2.28. The highest BCUT2D eigenvalue weighted by Gasteiger charge is 2.09. The summed E-state index contributed by atoms with van der Waals surface area (Å²) < 4.78 is 0. The quantitative estimate of drug-likeness (QED) is 0.891. The average molecular weight is 307 g/mol. The van der Waals surface area contributed by atoms with Crippen LogP contribution in [0.2, 0.25) is 0 Å². The fourth-order valence-corrected chi connectivity index (χ4v) is 2.10. The molecule has 0 spiro atoms. The van der Waals surface area contributed by atoms with Gasteiger partial charge in [-0.05, 0) is 36.8 Å². The number of carbonyl (C=O) groups excluding carboxylic acids is 2. The van der Waals surface area contributed by atoms with Gasteiger partial charge in [-0.3, -0.25) is 9.59 Å². The Kier molecular flexibility index (Phi) is 5.48. The second-order valence-electron chi connectivity index (χ2n) is 5.06. The zero-order chi connectivity index (χ0) is 16.7. The van der Waals surface area contributed by atoms with Crippen molar-refractivity contribution in [3.8, 4) is 6.07 Å². The van der Waals surface area contributed by atoms with Crippen molar-refractivity contribution >= 4 is 17.5 Å². The number of nitrogens with one attached hydrogen (secondary N) is 2. The van der Waals surface area contributed by atoms with E-state index in [4.69, 9.17) is 5.26 Å². The van der Waals surface area contributed by atoms with Crippen molar-refractivity contribution in [1.82, 2.24) is 5.32 Å². The smallest absolute Gasteiger partial charge is 0.251 e. The van der Waals surface area contributed by atoms with Gasteiger partial charge in [-0.2, -0.15) is 5.26 Å². The van der Waals surface area contributed by atoms with Crippen LogP contribution in [0.5, 0.6) is 0 Å². The molecule has 2 aromatic rings. The molecular weight excluding hydrogens is 290 g/mol. The predicted octanol–water partition coefficient (Wildman–Crippen LogP) is 2.63. The van der Waals surface area contributed by atoms with Crippen LogP contribution in [0.3, 0.4) is 0 Å². The Morgan fingerprint density at radius 1 is 1.13 bits per heavy atom. The molecule has 0 atom stereocenters. The Morgan fingerprint density at radius 2 is 1.91 bits per heavy atom. The molecule has 0 unspecified atom stereocenters. The molecule has 2 amide bonds. The van der Waals surface area contributed by atoms with Crippen molar-refractivity contribution in [2.45, 2.75) is 13.3 Å². The topological polar surface area (TPSA) is 82.0 Å². The highest BCUT2D eigenvalue weighted by atomic mass is 16.2. The number of anilines is 1. The lowest BCUT2D eigenvalue weighted by Gasteiger charge is -2.08. The Balaban J connectivity index is 1.82. The van der Waals surface area contributed by atoms with E-state index in [1.54, 1.807) is 36.4 Å². The number of nitrogens with zero attached hydrogens (tertiary/aromatic N) is 1. The van der Waals surface area contributed by atoms with E-state index in [0.29, 0.717) is 16.8 Å². The van der Waals surface area contributed by atoms with E-state index in [2.05, 4.69) is 10.6 Å². The Morgan fingerprint density at radius 3 is 2.65 bits per heavy atom. The van der Waals surface area contributed by atoms with E-state index in [1.165, 1.54) is 0 Å². The molecule has 0 fully saturated rings. The minimum atomic E-state index is -0.217. The van der Waals surface area contributed by atoms with Crippen molar-refractivity contribution in [1.29, 1.82) is 5.26 Å². The number of carbonyl (C=O) groups is 2. The van der Waals surface area contributed by atoms with Gasteiger partial charge in [0.1, 0.15) is 0 Å². The van der Waals surface area contributed by atoms with Crippen molar-refractivity contribution in [2.75, 3.05) is 11.9 Å². The monoisotopic (exact) mass is 307 g/mol. The number of rotatable bonds is 5. The van der Waals surface area contributed by atoms with Gasteiger partial charge in [-0.1, -0.05) is 24.3 Å². The Hall–Kier alpha value is -3.13. The molecule has 0 radical (unpaired) electrons. The van der Waals surface area contributed by atoms with Gasteiger partial charge in [0.15, 0.2) is 0 Å². The van der Waals surface area contributed by atoms with Crippen molar-refractivity contribution in [3.63, 3.8) is 0 Å². The standard InChI is InChI=1S/C18H17N3O2/c1-13-5-2-3-8-16(13)18(23)20-10-9-17(22)21-15-7-4-6-14(11-15)12-19/h2-8,11H,9-10H2,1H3,(H,20,23)(H,21,22). The first-order valence-corrected chi connectivity index (χ1v) is 7.24. The fourth-order valence-electron chi connectivity index (χ4n) is 2.10. The molecule has 0 aromatic heterocycles. The Bertz CT molecular complexity index is 763. The summed E-state index contributed by atoms with van der Waals surface area (Å²) in [6.07, 6.45) is 0.161. The normalized spacial score (nSPS) is 9.74. The zero-order valence-electron chi connectivity index (χ0n) is 12.8. The summed E-state index contributed by atoms with van der Waals surface area (Å²) in [6, 6.07) is 16.0. The SMILES string of the molecule is Cc1ccccc1C(=O)NCCC(=O)Nc1cccc(C#N)c1.